The number of hydrogen-bond donors (Lipinski definition) is 6. The van der Waals surface area contributed by atoms with E-state index in [0.717, 1.165) is 19.4 Å². The van der Waals surface area contributed by atoms with Crippen molar-refractivity contribution in [1.82, 2.24) is 24.8 Å². The molecule has 4 unspecified atom stereocenters. The van der Waals surface area contributed by atoms with Crippen LogP contribution in [-0.4, -0.2) is 89.5 Å². The maximum absolute atomic E-state index is 12.2. The Morgan fingerprint density at radius 2 is 1.62 bits per heavy atom. The minimum atomic E-state index is -5.64. The van der Waals surface area contributed by atoms with E-state index in [2.05, 4.69) is 37.9 Å². The number of rotatable bonds is 16. The number of aromatic nitrogens is 4. The molecule has 0 spiro atoms. The SMILES string of the molecule is CNCCCCCCOP(=O)(O)OP(=O)(O)OP(=O)(O)OC[C@H]1O[C@@H](n2cnc3c(C)ncnc32)[C@@H](O)C1O. The highest BCUT2D eigenvalue weighted by Crippen LogP contribution is 2.67. The van der Waals surface area contributed by atoms with Gasteiger partial charge in [0, 0.05) is 0 Å². The lowest BCUT2D eigenvalue weighted by Crippen LogP contribution is -2.33. The van der Waals surface area contributed by atoms with Gasteiger partial charge in [-0.25, -0.2) is 28.6 Å². The predicted molar refractivity (Wildman–Crippen MR) is 132 cm³/mol. The molecular weight excluding hydrogens is 587 g/mol. The van der Waals surface area contributed by atoms with Gasteiger partial charge in [-0.2, -0.15) is 8.62 Å². The number of unbranched alkanes of at least 4 members (excludes halogenated alkanes) is 3. The van der Waals surface area contributed by atoms with Crippen molar-refractivity contribution in [1.29, 1.82) is 0 Å². The summed E-state index contributed by atoms with van der Waals surface area (Å²) in [5, 5.41) is 23.8. The van der Waals surface area contributed by atoms with Crippen LogP contribution in [0.4, 0.5) is 0 Å². The highest BCUT2D eigenvalue weighted by Gasteiger charge is 2.47. The number of aryl methyl sites for hydroxylation is 1. The van der Waals surface area contributed by atoms with Gasteiger partial charge in [-0.15, -0.1) is 0 Å². The molecule has 39 heavy (non-hydrogen) atoms. The summed E-state index contributed by atoms with van der Waals surface area (Å²) in [4.78, 5) is 41.4. The Bertz CT molecular complexity index is 1250. The first kappa shape index (κ1) is 32.3. The molecule has 0 aromatic carbocycles. The average molecular weight is 619 g/mol. The van der Waals surface area contributed by atoms with Gasteiger partial charge in [-0.3, -0.25) is 13.6 Å². The number of aliphatic hydroxyl groups is 2. The van der Waals surface area contributed by atoms with Gasteiger partial charge in [0.25, 0.3) is 0 Å². The van der Waals surface area contributed by atoms with Crippen molar-refractivity contribution in [3.8, 4) is 0 Å². The van der Waals surface area contributed by atoms with Crippen LogP contribution in [0.1, 0.15) is 37.6 Å². The van der Waals surface area contributed by atoms with Crippen LogP contribution in [0.25, 0.3) is 11.2 Å². The molecule has 3 rings (SSSR count). The molecule has 222 valence electrons. The summed E-state index contributed by atoms with van der Waals surface area (Å²) >= 11 is 0. The van der Waals surface area contributed by atoms with Crippen molar-refractivity contribution in [2.24, 2.45) is 0 Å². The molecule has 2 aromatic rings. The van der Waals surface area contributed by atoms with Crippen LogP contribution in [0.15, 0.2) is 12.7 Å². The van der Waals surface area contributed by atoms with E-state index in [1.807, 2.05) is 0 Å². The summed E-state index contributed by atoms with van der Waals surface area (Å²) in [6.07, 6.45) is -0.522. The lowest BCUT2D eigenvalue weighted by Gasteiger charge is -2.20. The zero-order valence-corrected chi connectivity index (χ0v) is 23.7. The molecule has 1 fully saturated rings. The number of ether oxygens (including phenoxy) is 1. The first-order valence-corrected chi connectivity index (χ1v) is 16.2. The maximum atomic E-state index is 12.2. The quantitative estimate of drug-likeness (QED) is 0.113. The molecule has 6 N–H and O–H groups in total. The van der Waals surface area contributed by atoms with Crippen LogP contribution < -0.4 is 5.32 Å². The molecule has 1 saturated heterocycles. The molecule has 2 aromatic heterocycles. The van der Waals surface area contributed by atoms with Crippen molar-refractivity contribution in [2.75, 3.05) is 26.8 Å². The summed E-state index contributed by atoms with van der Waals surface area (Å²) in [5.41, 5.74) is 1.27. The van der Waals surface area contributed by atoms with Gasteiger partial charge < -0.3 is 34.9 Å². The largest absolute Gasteiger partial charge is 0.490 e. The minimum absolute atomic E-state index is 0.279. The average Bonchev–Trinajstić information content (AvgIpc) is 3.37. The summed E-state index contributed by atoms with van der Waals surface area (Å²) in [6, 6.07) is 0. The number of imidazole rings is 1. The summed E-state index contributed by atoms with van der Waals surface area (Å²) in [6.45, 7) is 1.32. The Kier molecular flexibility index (Phi) is 11.3. The van der Waals surface area contributed by atoms with Gasteiger partial charge in [0.2, 0.25) is 0 Å². The molecule has 0 bridgehead atoms. The zero-order chi connectivity index (χ0) is 28.8. The first-order valence-electron chi connectivity index (χ1n) is 11.8. The van der Waals surface area contributed by atoms with Gasteiger partial charge in [-0.05, 0) is 33.4 Å². The van der Waals surface area contributed by atoms with Gasteiger partial charge in [0.15, 0.2) is 11.9 Å². The molecule has 1 aliphatic rings. The molecule has 21 heteroatoms. The Morgan fingerprint density at radius 3 is 2.31 bits per heavy atom. The third-order valence-electron chi connectivity index (χ3n) is 5.54. The third-order valence-corrected chi connectivity index (χ3v) is 9.83. The van der Waals surface area contributed by atoms with E-state index < -0.39 is 54.6 Å². The highest BCUT2D eigenvalue weighted by molar-refractivity contribution is 7.66. The topological polar surface area (TPSA) is 254 Å². The first-order chi connectivity index (χ1) is 18.3. The minimum Gasteiger partial charge on any atom is -0.387 e. The molecule has 0 aliphatic carbocycles. The molecule has 3 heterocycles. The van der Waals surface area contributed by atoms with Crippen LogP contribution in [-0.2, 0) is 36.1 Å². The molecule has 0 radical (unpaired) electrons. The monoisotopic (exact) mass is 619 g/mol. The van der Waals surface area contributed by atoms with Crippen molar-refractivity contribution in [3.05, 3.63) is 18.3 Å². The lowest BCUT2D eigenvalue weighted by molar-refractivity contribution is -0.0503. The summed E-state index contributed by atoms with van der Waals surface area (Å²) < 4.78 is 60.4. The van der Waals surface area contributed by atoms with Gasteiger partial charge >= 0.3 is 23.5 Å². The Labute approximate surface area is 223 Å². The molecule has 0 saturated carbocycles. The summed E-state index contributed by atoms with van der Waals surface area (Å²) in [5.74, 6) is 0. The van der Waals surface area contributed by atoms with Crippen molar-refractivity contribution in [3.63, 3.8) is 0 Å². The number of nitrogens with one attached hydrogen (secondary N) is 1. The van der Waals surface area contributed by atoms with Crippen molar-refractivity contribution >= 4 is 34.6 Å². The van der Waals surface area contributed by atoms with Gasteiger partial charge in [0.05, 0.1) is 25.2 Å². The fourth-order valence-electron chi connectivity index (χ4n) is 3.68. The lowest BCUT2D eigenvalue weighted by atomic mass is 10.1. The zero-order valence-electron chi connectivity index (χ0n) is 21.0. The van der Waals surface area contributed by atoms with E-state index in [4.69, 9.17) is 4.74 Å². The fourth-order valence-corrected chi connectivity index (χ4v) is 7.23. The van der Waals surface area contributed by atoms with Gasteiger partial charge in [0.1, 0.15) is 30.2 Å². The van der Waals surface area contributed by atoms with Crippen molar-refractivity contribution in [2.45, 2.75) is 57.1 Å². The third kappa shape index (κ3) is 9.15. The second-order valence-corrected chi connectivity index (χ2v) is 13.2. The number of fused-ring (bicyclic) bond motifs is 1. The van der Waals surface area contributed by atoms with Crippen LogP contribution in [0, 0.1) is 6.92 Å². The molecular formula is C18H32N5O13P3. The molecule has 7 atom stereocenters. The van der Waals surface area contributed by atoms with Crippen molar-refractivity contribution < 1.29 is 61.0 Å². The van der Waals surface area contributed by atoms with E-state index in [1.54, 1.807) is 14.0 Å². The van der Waals surface area contributed by atoms with E-state index >= 15 is 0 Å². The maximum Gasteiger partial charge on any atom is 0.490 e. The number of hydrogen-bond acceptors (Lipinski definition) is 14. The number of nitrogens with zero attached hydrogens (tertiary/aromatic N) is 4. The normalized spacial score (nSPS) is 26.3. The number of phosphoric ester groups is 2. The van der Waals surface area contributed by atoms with Gasteiger partial charge in [-0.1, -0.05) is 12.8 Å². The number of phosphoric acid groups is 3. The molecule has 0 amide bonds. The van der Waals surface area contributed by atoms with E-state index in [9.17, 15) is 38.6 Å². The van der Waals surface area contributed by atoms with Crippen LogP contribution in [0.5, 0.6) is 0 Å². The Hall–Kier alpha value is -1.20. The van der Waals surface area contributed by atoms with Crippen LogP contribution >= 0.6 is 23.5 Å². The van der Waals surface area contributed by atoms with E-state index in [1.165, 1.54) is 17.2 Å². The highest BCUT2D eigenvalue weighted by atomic mass is 31.3. The second-order valence-electron chi connectivity index (χ2n) is 8.55. The Morgan fingerprint density at radius 1 is 0.949 bits per heavy atom. The summed E-state index contributed by atoms with van der Waals surface area (Å²) in [7, 11) is -14.4. The standard InChI is InChI=1S/C18H32N5O13P3/c1-12-14-17(21-10-20-12)23(11-22-14)18-16(25)15(24)13(34-18)9-33-38(28,29)36-39(30,31)35-37(26,27)32-8-6-4-3-5-7-19-2/h10-11,13,15-16,18-19,24-25H,3-9H2,1-2H3,(H,26,27)(H,28,29)(H,30,31)/t13-,15?,16+,18-/m1/s1. The van der Waals surface area contributed by atoms with Crippen LogP contribution in [0.3, 0.4) is 0 Å². The second kappa shape index (κ2) is 13.6. The van der Waals surface area contributed by atoms with E-state index in [-0.39, 0.29) is 6.61 Å². The predicted octanol–water partition coefficient (Wildman–Crippen LogP) is 0.901. The molecule has 18 nitrogen and oxygen atoms in total. The van der Waals surface area contributed by atoms with E-state index in [0.29, 0.717) is 29.7 Å². The fraction of sp³-hybridized carbons (Fsp3) is 0.722. The smallest absolute Gasteiger partial charge is 0.387 e. The Balaban J connectivity index is 1.51. The molecule has 1 aliphatic heterocycles. The van der Waals surface area contributed by atoms with Crippen LogP contribution in [0.2, 0.25) is 0 Å². The number of aliphatic hydroxyl groups excluding tert-OH is 2.